The molecule has 7 atom stereocenters. The molecule has 5 amide bonds. The van der Waals surface area contributed by atoms with Crippen molar-refractivity contribution in [3.8, 4) is 5.75 Å². The van der Waals surface area contributed by atoms with E-state index < -0.39 is 77.7 Å². The number of amides is 5. The SMILES string of the molecule is CC[C@H](C)[C@H](NC(=O)[C@H](Cc1ccc(O)cc1)NC(=O)[C@@H]1CCCN1C(=O)[C@H](CCN)NC(=O)[C@@H](N)CCCN=C(N)N)C(=O)N[C@@H](CC(C)C)C(=O)O. The Bertz CT molecular complexity index is 1450. The first kappa shape index (κ1) is 45.2. The number of nitrogens with two attached hydrogens (primary N) is 4. The molecule has 2 rings (SSSR count). The normalized spacial score (nSPS) is 17.3. The number of likely N-dealkylation sites (tertiary alicyclic amines) is 1. The quantitative estimate of drug-likeness (QED) is 0.0378. The molecule has 1 saturated heterocycles. The van der Waals surface area contributed by atoms with Gasteiger partial charge in [0.2, 0.25) is 29.5 Å². The average Bonchev–Trinajstić information content (AvgIpc) is 3.61. The summed E-state index contributed by atoms with van der Waals surface area (Å²) in [7, 11) is 0. The third kappa shape index (κ3) is 14.5. The number of phenols is 1. The van der Waals surface area contributed by atoms with Gasteiger partial charge < -0.3 is 59.3 Å². The Hall–Kier alpha value is -4.97. The minimum Gasteiger partial charge on any atom is -0.508 e. The third-order valence-electron chi connectivity index (χ3n) is 9.34. The molecule has 14 N–H and O–H groups in total. The van der Waals surface area contributed by atoms with Gasteiger partial charge >= 0.3 is 5.97 Å². The lowest BCUT2D eigenvalue weighted by Crippen LogP contribution is -2.60. The van der Waals surface area contributed by atoms with Gasteiger partial charge in [0.05, 0.1) is 6.04 Å². The second-order valence-electron chi connectivity index (χ2n) is 14.2. The predicted octanol–water partition coefficient (Wildman–Crippen LogP) is -1.23. The number of carboxylic acid groups (broad SMARTS) is 1. The number of benzene rings is 1. The van der Waals surface area contributed by atoms with Gasteiger partial charge in [0, 0.05) is 19.5 Å². The topological polar surface area (TPSA) is 311 Å². The Morgan fingerprint density at radius 3 is 2.13 bits per heavy atom. The van der Waals surface area contributed by atoms with E-state index in [4.69, 9.17) is 22.9 Å². The fraction of sp³-hybridized carbons (Fsp3) is 0.639. The zero-order valence-corrected chi connectivity index (χ0v) is 31.8. The van der Waals surface area contributed by atoms with Crippen LogP contribution in [0.2, 0.25) is 0 Å². The van der Waals surface area contributed by atoms with Gasteiger partial charge in [-0.1, -0.05) is 46.2 Å². The van der Waals surface area contributed by atoms with Crippen LogP contribution in [0.4, 0.5) is 0 Å². The fourth-order valence-corrected chi connectivity index (χ4v) is 6.11. The molecule has 0 unspecified atom stereocenters. The highest BCUT2D eigenvalue weighted by molar-refractivity contribution is 5.96. The lowest BCUT2D eigenvalue weighted by molar-refractivity contribution is -0.143. The van der Waals surface area contributed by atoms with E-state index in [1.165, 1.54) is 17.0 Å². The molecule has 1 fully saturated rings. The standard InChI is InChI=1S/C36H60N10O8/c1-5-21(4)29(33(51)44-27(35(53)54)18-20(2)3)45-31(49)26(19-22-10-12-23(47)13-11-22)43-32(50)28-9-7-17-46(28)34(52)25(14-15-37)42-30(48)24(38)8-6-16-41-36(39)40/h10-13,20-21,24-29,47H,5-9,14-19,37-38H2,1-4H3,(H,42,48)(H,43,50)(H,44,51)(H,45,49)(H,53,54)(H4,39,40,41)/t21-,24-,25-,26-,27-,28-,29-/m0/s1. The van der Waals surface area contributed by atoms with Gasteiger partial charge in [0.1, 0.15) is 36.0 Å². The summed E-state index contributed by atoms with van der Waals surface area (Å²) >= 11 is 0. The first-order chi connectivity index (χ1) is 25.5. The Morgan fingerprint density at radius 1 is 0.907 bits per heavy atom. The number of carbonyl (C=O) groups is 6. The van der Waals surface area contributed by atoms with Crippen LogP contribution >= 0.6 is 0 Å². The summed E-state index contributed by atoms with van der Waals surface area (Å²) in [4.78, 5) is 85.2. The van der Waals surface area contributed by atoms with E-state index in [1.807, 2.05) is 20.8 Å². The Labute approximate surface area is 316 Å². The first-order valence-corrected chi connectivity index (χ1v) is 18.5. The van der Waals surface area contributed by atoms with Crippen LogP contribution in [-0.4, -0.2) is 112 Å². The van der Waals surface area contributed by atoms with Crippen molar-refractivity contribution in [2.75, 3.05) is 19.6 Å². The van der Waals surface area contributed by atoms with Crippen LogP contribution in [0.25, 0.3) is 0 Å². The molecule has 1 aliphatic rings. The maximum Gasteiger partial charge on any atom is 0.326 e. The molecule has 0 aliphatic carbocycles. The number of carboxylic acids is 1. The highest BCUT2D eigenvalue weighted by atomic mass is 16.4. The van der Waals surface area contributed by atoms with Crippen molar-refractivity contribution in [3.63, 3.8) is 0 Å². The van der Waals surface area contributed by atoms with Crippen LogP contribution in [0.1, 0.15) is 78.2 Å². The molecular formula is C36H60N10O8. The van der Waals surface area contributed by atoms with E-state index in [0.29, 0.717) is 24.8 Å². The summed E-state index contributed by atoms with van der Waals surface area (Å²) in [6.45, 7) is 7.78. The molecule has 0 spiro atoms. The van der Waals surface area contributed by atoms with Gasteiger partial charge in [-0.15, -0.1) is 0 Å². The van der Waals surface area contributed by atoms with Crippen molar-refractivity contribution in [2.24, 2.45) is 39.8 Å². The van der Waals surface area contributed by atoms with E-state index in [0.717, 1.165) is 0 Å². The number of aliphatic imine (C=N–C) groups is 1. The lowest BCUT2D eigenvalue weighted by Gasteiger charge is -2.31. The number of guanidine groups is 1. The third-order valence-corrected chi connectivity index (χ3v) is 9.34. The number of phenolic OH excluding ortho intramolecular Hbond substituents is 1. The summed E-state index contributed by atoms with van der Waals surface area (Å²) in [6.07, 6.45) is 2.14. The molecule has 1 aromatic carbocycles. The molecule has 0 aromatic heterocycles. The minimum absolute atomic E-state index is 0.00203. The molecular weight excluding hydrogens is 700 g/mol. The second-order valence-corrected chi connectivity index (χ2v) is 14.2. The molecule has 1 heterocycles. The fourth-order valence-electron chi connectivity index (χ4n) is 6.11. The van der Waals surface area contributed by atoms with E-state index >= 15 is 0 Å². The van der Waals surface area contributed by atoms with Gasteiger partial charge in [-0.2, -0.15) is 0 Å². The number of aromatic hydroxyl groups is 1. The van der Waals surface area contributed by atoms with Crippen molar-refractivity contribution >= 4 is 41.5 Å². The zero-order chi connectivity index (χ0) is 40.5. The highest BCUT2D eigenvalue weighted by Gasteiger charge is 2.40. The Morgan fingerprint density at radius 2 is 1.56 bits per heavy atom. The summed E-state index contributed by atoms with van der Waals surface area (Å²) in [5.41, 5.74) is 23.1. The monoisotopic (exact) mass is 760 g/mol. The summed E-state index contributed by atoms with van der Waals surface area (Å²) in [5, 5.41) is 30.2. The van der Waals surface area contributed by atoms with Gasteiger partial charge in [0.15, 0.2) is 5.96 Å². The number of rotatable bonds is 22. The number of carbonyl (C=O) groups excluding carboxylic acids is 5. The van der Waals surface area contributed by atoms with E-state index in [-0.39, 0.29) is 69.4 Å². The molecule has 54 heavy (non-hydrogen) atoms. The average molecular weight is 761 g/mol. The Balaban J connectivity index is 2.29. The molecule has 18 nitrogen and oxygen atoms in total. The predicted molar refractivity (Wildman–Crippen MR) is 202 cm³/mol. The largest absolute Gasteiger partial charge is 0.508 e. The van der Waals surface area contributed by atoms with Crippen LogP contribution in [0.5, 0.6) is 5.75 Å². The van der Waals surface area contributed by atoms with Crippen molar-refractivity contribution in [3.05, 3.63) is 29.8 Å². The van der Waals surface area contributed by atoms with Crippen molar-refractivity contribution in [1.29, 1.82) is 0 Å². The van der Waals surface area contributed by atoms with E-state index in [1.54, 1.807) is 19.1 Å². The second kappa shape index (κ2) is 22.3. The number of hydrogen-bond acceptors (Lipinski definition) is 10. The van der Waals surface area contributed by atoms with Crippen LogP contribution in [0, 0.1) is 11.8 Å². The summed E-state index contributed by atoms with van der Waals surface area (Å²) < 4.78 is 0. The lowest BCUT2D eigenvalue weighted by atomic mass is 9.96. The first-order valence-electron chi connectivity index (χ1n) is 18.5. The molecule has 0 bridgehead atoms. The number of hydrogen-bond donors (Lipinski definition) is 10. The van der Waals surface area contributed by atoms with Crippen molar-refractivity contribution in [2.45, 2.75) is 115 Å². The molecule has 0 radical (unpaired) electrons. The van der Waals surface area contributed by atoms with Gasteiger partial charge in [0.25, 0.3) is 0 Å². The van der Waals surface area contributed by atoms with Crippen molar-refractivity contribution < 1.29 is 39.0 Å². The summed E-state index contributed by atoms with van der Waals surface area (Å²) in [5.74, 6) is -4.81. The minimum atomic E-state index is -1.23. The molecule has 1 aromatic rings. The molecule has 0 saturated carbocycles. The van der Waals surface area contributed by atoms with Gasteiger partial charge in [-0.3, -0.25) is 29.0 Å². The van der Waals surface area contributed by atoms with Gasteiger partial charge in [-0.25, -0.2) is 4.79 Å². The maximum atomic E-state index is 14.0. The Kier molecular flexibility index (Phi) is 18.7. The van der Waals surface area contributed by atoms with Crippen LogP contribution < -0.4 is 44.2 Å². The zero-order valence-electron chi connectivity index (χ0n) is 31.8. The number of nitrogens with zero attached hydrogens (tertiary/aromatic N) is 2. The smallest absolute Gasteiger partial charge is 0.326 e. The van der Waals surface area contributed by atoms with Gasteiger partial charge in [-0.05, 0) is 74.6 Å². The summed E-state index contributed by atoms with van der Waals surface area (Å²) in [6, 6.07) is -0.491. The van der Waals surface area contributed by atoms with Crippen LogP contribution in [0.3, 0.4) is 0 Å². The number of aliphatic carboxylic acids is 1. The van der Waals surface area contributed by atoms with E-state index in [2.05, 4.69) is 26.3 Å². The maximum absolute atomic E-state index is 14.0. The highest BCUT2D eigenvalue weighted by Crippen LogP contribution is 2.21. The molecule has 302 valence electrons. The number of nitrogens with one attached hydrogen (secondary N) is 4. The van der Waals surface area contributed by atoms with Crippen molar-refractivity contribution in [1.82, 2.24) is 26.2 Å². The molecule has 1 aliphatic heterocycles. The van der Waals surface area contributed by atoms with Crippen LogP contribution in [0.15, 0.2) is 29.3 Å². The van der Waals surface area contributed by atoms with E-state index in [9.17, 15) is 39.0 Å². The van der Waals surface area contributed by atoms with Crippen LogP contribution in [-0.2, 0) is 35.2 Å². The molecule has 18 heteroatoms.